The first kappa shape index (κ1) is 9.62. The second-order valence-electron chi connectivity index (χ2n) is 2.81. The van der Waals surface area contributed by atoms with Crippen LogP contribution in [0.25, 0.3) is 11.4 Å². The zero-order chi connectivity index (χ0) is 10.7. The molecule has 0 aliphatic heterocycles. The fourth-order valence-corrected chi connectivity index (χ4v) is 1.21. The van der Waals surface area contributed by atoms with Gasteiger partial charge in [-0.05, 0) is 29.5 Å². The summed E-state index contributed by atoms with van der Waals surface area (Å²) in [5.74, 6) is 0.488. The van der Waals surface area contributed by atoms with Crippen LogP contribution in [-0.4, -0.2) is 20.2 Å². The predicted molar refractivity (Wildman–Crippen MR) is 53.9 cm³/mol. The van der Waals surface area contributed by atoms with E-state index < -0.39 is 0 Å². The molecular formula is C9H6ClN5. The molecule has 0 bridgehead atoms. The molecule has 1 aromatic carbocycles. The smallest absolute Gasteiger partial charge is 0.196 e. The topological polar surface area (TPSA) is 67.4 Å². The van der Waals surface area contributed by atoms with Crippen molar-refractivity contribution in [1.82, 2.24) is 20.2 Å². The van der Waals surface area contributed by atoms with Gasteiger partial charge in [0.2, 0.25) is 5.82 Å². The van der Waals surface area contributed by atoms with E-state index in [1.165, 1.54) is 4.80 Å². The van der Waals surface area contributed by atoms with Crippen LogP contribution in [0.2, 0.25) is 5.02 Å². The molecule has 0 aliphatic rings. The normalized spacial score (nSPS) is 9.87. The van der Waals surface area contributed by atoms with Gasteiger partial charge in [0.15, 0.2) is 0 Å². The van der Waals surface area contributed by atoms with Gasteiger partial charge in [-0.15, -0.1) is 15.0 Å². The third-order valence-corrected chi connectivity index (χ3v) is 2.02. The quantitative estimate of drug-likeness (QED) is 0.768. The second kappa shape index (κ2) is 4.07. The number of benzene rings is 1. The average molecular weight is 220 g/mol. The Bertz CT molecular complexity index is 496. The fraction of sp³-hybridized carbons (Fsp3) is 0.111. The highest BCUT2D eigenvalue weighted by Gasteiger charge is 2.04. The Balaban J connectivity index is 2.30. The SMILES string of the molecule is N#CCn1nnc(-c2ccc(Cl)cc2)n1. The Morgan fingerprint density at radius 3 is 2.73 bits per heavy atom. The molecule has 0 aliphatic carbocycles. The first-order chi connectivity index (χ1) is 7.29. The van der Waals surface area contributed by atoms with Crippen LogP contribution in [0.3, 0.4) is 0 Å². The Kier molecular flexibility index (Phi) is 2.61. The van der Waals surface area contributed by atoms with Crippen molar-refractivity contribution in [3.05, 3.63) is 29.3 Å². The summed E-state index contributed by atoms with van der Waals surface area (Å²) in [6.07, 6.45) is 0. The maximum atomic E-state index is 8.44. The van der Waals surface area contributed by atoms with Crippen molar-refractivity contribution >= 4 is 11.6 Å². The molecule has 0 spiro atoms. The van der Waals surface area contributed by atoms with Gasteiger partial charge in [0.25, 0.3) is 0 Å². The average Bonchev–Trinajstić information content (AvgIpc) is 2.68. The highest BCUT2D eigenvalue weighted by molar-refractivity contribution is 6.30. The molecule has 2 rings (SSSR count). The van der Waals surface area contributed by atoms with Gasteiger partial charge in [0.1, 0.15) is 6.54 Å². The van der Waals surface area contributed by atoms with Crippen LogP contribution in [0.15, 0.2) is 24.3 Å². The van der Waals surface area contributed by atoms with Crippen molar-refractivity contribution in [2.75, 3.05) is 0 Å². The predicted octanol–water partition coefficient (Wildman–Crippen LogP) is 1.52. The fourth-order valence-electron chi connectivity index (χ4n) is 1.09. The minimum absolute atomic E-state index is 0.0978. The van der Waals surface area contributed by atoms with Gasteiger partial charge in [0.05, 0.1) is 6.07 Å². The number of hydrogen-bond donors (Lipinski definition) is 0. The third-order valence-electron chi connectivity index (χ3n) is 1.77. The van der Waals surface area contributed by atoms with Gasteiger partial charge < -0.3 is 0 Å². The molecule has 0 saturated carbocycles. The Morgan fingerprint density at radius 1 is 1.33 bits per heavy atom. The summed E-state index contributed by atoms with van der Waals surface area (Å²) >= 11 is 5.75. The first-order valence-electron chi connectivity index (χ1n) is 4.20. The molecule has 0 radical (unpaired) electrons. The van der Waals surface area contributed by atoms with E-state index in [2.05, 4.69) is 15.4 Å². The summed E-state index contributed by atoms with van der Waals surface area (Å²) < 4.78 is 0. The summed E-state index contributed by atoms with van der Waals surface area (Å²) in [4.78, 5) is 1.24. The minimum atomic E-state index is 0.0978. The molecule has 2 aromatic rings. The number of halogens is 1. The van der Waals surface area contributed by atoms with Crippen LogP contribution >= 0.6 is 11.6 Å². The highest BCUT2D eigenvalue weighted by atomic mass is 35.5. The zero-order valence-corrected chi connectivity index (χ0v) is 8.39. The van der Waals surface area contributed by atoms with Crippen LogP contribution in [0, 0.1) is 11.3 Å². The second-order valence-corrected chi connectivity index (χ2v) is 3.24. The van der Waals surface area contributed by atoms with Gasteiger partial charge >= 0.3 is 0 Å². The van der Waals surface area contributed by atoms with Gasteiger partial charge in [-0.1, -0.05) is 11.6 Å². The zero-order valence-electron chi connectivity index (χ0n) is 7.63. The largest absolute Gasteiger partial charge is 0.204 e. The molecule has 0 unspecified atom stereocenters. The van der Waals surface area contributed by atoms with Crippen molar-refractivity contribution in [3.63, 3.8) is 0 Å². The number of rotatable bonds is 2. The van der Waals surface area contributed by atoms with Crippen molar-refractivity contribution in [2.45, 2.75) is 6.54 Å². The van der Waals surface area contributed by atoms with Crippen molar-refractivity contribution in [1.29, 1.82) is 5.26 Å². The Hall–Kier alpha value is -1.93. The molecule has 0 N–H and O–H groups in total. The summed E-state index contributed by atoms with van der Waals surface area (Å²) in [5, 5.41) is 20.7. The summed E-state index contributed by atoms with van der Waals surface area (Å²) in [6.45, 7) is 0.0978. The van der Waals surface area contributed by atoms with Gasteiger partial charge in [0, 0.05) is 10.6 Å². The van der Waals surface area contributed by atoms with Gasteiger partial charge in [-0.25, -0.2) is 0 Å². The molecule has 6 heteroatoms. The van der Waals surface area contributed by atoms with Gasteiger partial charge in [-0.3, -0.25) is 0 Å². The van der Waals surface area contributed by atoms with E-state index in [0.29, 0.717) is 10.8 Å². The van der Waals surface area contributed by atoms with E-state index in [4.69, 9.17) is 16.9 Å². The van der Waals surface area contributed by atoms with E-state index in [1.807, 2.05) is 6.07 Å². The summed E-state index contributed by atoms with van der Waals surface area (Å²) in [5.41, 5.74) is 0.823. The molecular weight excluding hydrogens is 214 g/mol. The lowest BCUT2D eigenvalue weighted by atomic mass is 10.2. The molecule has 15 heavy (non-hydrogen) atoms. The third kappa shape index (κ3) is 2.11. The van der Waals surface area contributed by atoms with E-state index in [9.17, 15) is 0 Å². The lowest BCUT2D eigenvalue weighted by molar-refractivity contribution is 0.589. The highest BCUT2D eigenvalue weighted by Crippen LogP contribution is 2.16. The molecule has 1 aromatic heterocycles. The van der Waals surface area contributed by atoms with Crippen LogP contribution in [0.5, 0.6) is 0 Å². The molecule has 5 nitrogen and oxygen atoms in total. The molecule has 0 amide bonds. The first-order valence-corrected chi connectivity index (χ1v) is 4.58. The molecule has 0 fully saturated rings. The summed E-state index contributed by atoms with van der Waals surface area (Å²) in [7, 11) is 0. The van der Waals surface area contributed by atoms with Crippen molar-refractivity contribution in [3.8, 4) is 17.5 Å². The molecule has 0 saturated heterocycles. The number of nitrogens with zero attached hydrogens (tertiary/aromatic N) is 5. The molecule has 74 valence electrons. The number of aromatic nitrogens is 4. The van der Waals surface area contributed by atoms with E-state index in [0.717, 1.165) is 5.56 Å². The van der Waals surface area contributed by atoms with Crippen LogP contribution in [-0.2, 0) is 6.54 Å². The van der Waals surface area contributed by atoms with E-state index >= 15 is 0 Å². The summed E-state index contributed by atoms with van der Waals surface area (Å²) in [6, 6.07) is 9.04. The Labute approximate surface area is 90.9 Å². The molecule has 0 atom stereocenters. The van der Waals surface area contributed by atoms with Crippen LogP contribution in [0.4, 0.5) is 0 Å². The molecule has 1 heterocycles. The number of nitriles is 1. The number of tetrazole rings is 1. The van der Waals surface area contributed by atoms with E-state index in [1.54, 1.807) is 24.3 Å². The van der Waals surface area contributed by atoms with E-state index in [-0.39, 0.29) is 6.54 Å². The lowest BCUT2D eigenvalue weighted by Crippen LogP contribution is -1.99. The van der Waals surface area contributed by atoms with Crippen molar-refractivity contribution in [2.24, 2.45) is 0 Å². The standard InChI is InChI=1S/C9H6ClN5/c10-8-3-1-7(2-4-8)9-12-14-15(13-9)6-5-11/h1-4H,6H2. The number of hydrogen-bond acceptors (Lipinski definition) is 4. The lowest BCUT2D eigenvalue weighted by Gasteiger charge is -1.93. The maximum absolute atomic E-state index is 8.44. The van der Waals surface area contributed by atoms with Gasteiger partial charge in [-0.2, -0.15) is 5.26 Å². The monoisotopic (exact) mass is 219 g/mol. The van der Waals surface area contributed by atoms with Crippen molar-refractivity contribution < 1.29 is 0 Å². The maximum Gasteiger partial charge on any atom is 0.204 e. The Morgan fingerprint density at radius 2 is 2.07 bits per heavy atom. The van der Waals surface area contributed by atoms with Crippen LogP contribution < -0.4 is 0 Å². The minimum Gasteiger partial charge on any atom is -0.196 e. The van der Waals surface area contributed by atoms with Crippen LogP contribution in [0.1, 0.15) is 0 Å².